The molecule has 2 aliphatic heterocycles. The summed E-state index contributed by atoms with van der Waals surface area (Å²) in [4.78, 5) is 55.4. The second kappa shape index (κ2) is 8.79. The number of nitrogens with zero attached hydrogens (tertiary/aromatic N) is 2. The highest BCUT2D eigenvalue weighted by Gasteiger charge is 2.79. The van der Waals surface area contributed by atoms with Crippen molar-refractivity contribution in [1.29, 1.82) is 0 Å². The Kier molecular flexibility index (Phi) is 5.78. The number of ketones is 1. The first-order valence-electron chi connectivity index (χ1n) is 12.9. The Bertz CT molecular complexity index is 1560. The average Bonchev–Trinajstić information content (AvgIpc) is 3.50. The third-order valence-corrected chi connectivity index (χ3v) is 11.1. The highest BCUT2D eigenvalue weighted by atomic mass is 32.2. The number of carbonyl (C=O) groups excluding carboxylic acids is 4. The molecule has 3 aliphatic carbocycles. The van der Waals surface area contributed by atoms with Crippen LogP contribution in [-0.2, 0) is 39.3 Å². The zero-order valence-electron chi connectivity index (χ0n) is 22.2. The van der Waals surface area contributed by atoms with Crippen LogP contribution in [0.4, 0.5) is 10.5 Å². The molecule has 1 saturated heterocycles. The van der Waals surface area contributed by atoms with E-state index in [1.54, 1.807) is 31.2 Å². The van der Waals surface area contributed by atoms with Crippen LogP contribution < -0.4 is 9.04 Å². The normalized spacial score (nSPS) is 30.5. The maximum Gasteiger partial charge on any atom is 0.416 e. The lowest BCUT2D eigenvalue weighted by molar-refractivity contribution is -0.174. The quantitative estimate of drug-likeness (QED) is 0.498. The number of carbonyl (C=O) groups is 4. The van der Waals surface area contributed by atoms with Gasteiger partial charge in [0.25, 0.3) is 10.0 Å². The smallest absolute Gasteiger partial charge is 0.416 e. The van der Waals surface area contributed by atoms with Crippen LogP contribution in [0.15, 0.2) is 53.4 Å². The predicted octanol–water partition coefficient (Wildman–Crippen LogP) is 2.28. The maximum absolute atomic E-state index is 14.6. The summed E-state index contributed by atoms with van der Waals surface area (Å²) in [5.74, 6) is -5.03. The van der Waals surface area contributed by atoms with Gasteiger partial charge in [-0.05, 0) is 55.7 Å². The minimum absolute atomic E-state index is 0.0269. The van der Waals surface area contributed by atoms with Crippen molar-refractivity contribution in [3.8, 4) is 5.75 Å². The fourth-order valence-electron chi connectivity index (χ4n) is 7.52. The highest BCUT2D eigenvalue weighted by Crippen LogP contribution is 2.68. The number of rotatable bonds is 5. The summed E-state index contributed by atoms with van der Waals surface area (Å²) in [6.07, 6.45) is -0.596. The lowest BCUT2D eigenvalue weighted by atomic mass is 9.43. The zero-order chi connectivity index (χ0) is 28.6. The summed E-state index contributed by atoms with van der Waals surface area (Å²) in [7, 11) is -1.81. The first-order chi connectivity index (χ1) is 19.0. The van der Waals surface area contributed by atoms with E-state index in [0.717, 1.165) is 12.0 Å². The standard InChI is InChI=1S/C28H28N2O9S/c1-27-19-6-4-5-7-20(19)30(40(35,36)17-10-8-16(37-2)9-11-17)28(27)13-12-18(23(27)31)21(25(33)38-3)22(28)24(32)29-14-15-39-26(29)34/h4-11,18,21-22H,12-15H2,1-3H3/t18-,21-,22-,27+,28-/m1/s1. The van der Waals surface area contributed by atoms with Crippen LogP contribution in [0.2, 0.25) is 0 Å². The molecule has 2 aromatic rings. The summed E-state index contributed by atoms with van der Waals surface area (Å²) in [5, 5.41) is 0. The van der Waals surface area contributed by atoms with Gasteiger partial charge < -0.3 is 14.2 Å². The third-order valence-electron chi connectivity index (χ3n) is 9.23. The number of sulfonamides is 1. The van der Waals surface area contributed by atoms with Gasteiger partial charge in [-0.3, -0.25) is 18.7 Å². The molecule has 2 heterocycles. The summed E-state index contributed by atoms with van der Waals surface area (Å²) in [5.41, 5.74) is -2.52. The second-order valence-corrected chi connectivity index (χ2v) is 12.4. The number of anilines is 1. The molecule has 3 saturated carbocycles. The Morgan fingerprint density at radius 3 is 2.38 bits per heavy atom. The number of ether oxygens (including phenoxy) is 3. The lowest BCUT2D eigenvalue weighted by Crippen LogP contribution is -2.77. The van der Waals surface area contributed by atoms with E-state index in [1.807, 2.05) is 0 Å². The van der Waals surface area contributed by atoms with Gasteiger partial charge in [0.2, 0.25) is 5.91 Å². The summed E-state index contributed by atoms with van der Waals surface area (Å²) < 4.78 is 45.7. The number of fused-ring (bicyclic) bond motifs is 3. The largest absolute Gasteiger partial charge is 0.497 e. The number of para-hydroxylation sites is 1. The third kappa shape index (κ3) is 3.08. The zero-order valence-corrected chi connectivity index (χ0v) is 23.0. The van der Waals surface area contributed by atoms with E-state index in [0.29, 0.717) is 11.3 Å². The number of esters is 1. The van der Waals surface area contributed by atoms with Crippen molar-refractivity contribution in [2.75, 3.05) is 31.7 Å². The summed E-state index contributed by atoms with van der Waals surface area (Å²) in [6, 6.07) is 12.5. The van der Waals surface area contributed by atoms with Gasteiger partial charge in [0.15, 0.2) is 0 Å². The van der Waals surface area contributed by atoms with Crippen LogP contribution in [0.1, 0.15) is 25.3 Å². The van der Waals surface area contributed by atoms with E-state index in [-0.39, 0.29) is 42.4 Å². The molecule has 40 heavy (non-hydrogen) atoms. The van der Waals surface area contributed by atoms with Gasteiger partial charge in [-0.15, -0.1) is 0 Å². The molecule has 210 valence electrons. The van der Waals surface area contributed by atoms with Crippen LogP contribution in [0.25, 0.3) is 0 Å². The van der Waals surface area contributed by atoms with E-state index < -0.39 is 56.7 Å². The van der Waals surface area contributed by atoms with E-state index >= 15 is 0 Å². The molecule has 0 radical (unpaired) electrons. The first-order valence-corrected chi connectivity index (χ1v) is 14.4. The molecule has 7 rings (SSSR count). The molecule has 12 heteroatoms. The Morgan fingerprint density at radius 2 is 1.75 bits per heavy atom. The van der Waals surface area contributed by atoms with E-state index in [4.69, 9.17) is 14.2 Å². The second-order valence-electron chi connectivity index (χ2n) is 10.7. The monoisotopic (exact) mass is 568 g/mol. The number of hydrogen-bond donors (Lipinski definition) is 0. The Balaban J connectivity index is 1.66. The number of amides is 2. The van der Waals surface area contributed by atoms with Gasteiger partial charge in [-0.2, -0.15) is 0 Å². The number of benzene rings is 2. The first kappa shape index (κ1) is 26.3. The molecule has 2 aromatic carbocycles. The van der Waals surface area contributed by atoms with Crippen LogP contribution in [0, 0.1) is 17.8 Å². The van der Waals surface area contributed by atoms with E-state index in [2.05, 4.69) is 0 Å². The average molecular weight is 569 g/mol. The van der Waals surface area contributed by atoms with Gasteiger partial charge in [-0.1, -0.05) is 18.2 Å². The molecule has 2 bridgehead atoms. The Hall–Kier alpha value is -3.93. The molecule has 0 unspecified atom stereocenters. The SMILES string of the molecule is COC(=O)[C@@H]1[C@H]2CC[C@]3([C@H]1C(=O)N1CCOC1=O)N(S(=O)(=O)c1ccc(OC)cc1)c1ccccc1[C@@]3(C)C2=O. The van der Waals surface area contributed by atoms with Crippen molar-refractivity contribution in [2.45, 2.75) is 35.6 Å². The number of imide groups is 1. The minimum atomic E-state index is -4.43. The van der Waals surface area contributed by atoms with Crippen molar-refractivity contribution in [3.63, 3.8) is 0 Å². The van der Waals surface area contributed by atoms with Crippen molar-refractivity contribution >= 4 is 39.5 Å². The number of hydrogen-bond acceptors (Lipinski definition) is 9. The summed E-state index contributed by atoms with van der Waals surface area (Å²) in [6.45, 7) is 1.58. The topological polar surface area (TPSA) is 137 Å². The fraction of sp³-hybridized carbons (Fsp3) is 0.429. The van der Waals surface area contributed by atoms with Crippen LogP contribution in [0.3, 0.4) is 0 Å². The van der Waals surface area contributed by atoms with Gasteiger partial charge in [0, 0.05) is 5.92 Å². The Labute approximate surface area is 231 Å². The van der Waals surface area contributed by atoms with Gasteiger partial charge >= 0.3 is 12.1 Å². The van der Waals surface area contributed by atoms with Gasteiger partial charge in [-0.25, -0.2) is 18.1 Å². The molecule has 5 aliphatic rings. The summed E-state index contributed by atoms with van der Waals surface area (Å²) >= 11 is 0. The van der Waals surface area contributed by atoms with Crippen LogP contribution >= 0.6 is 0 Å². The van der Waals surface area contributed by atoms with Crippen molar-refractivity contribution < 1.29 is 41.8 Å². The maximum atomic E-state index is 14.6. The molecule has 0 N–H and O–H groups in total. The van der Waals surface area contributed by atoms with Crippen molar-refractivity contribution in [1.82, 2.24) is 4.90 Å². The molecule has 5 atom stereocenters. The van der Waals surface area contributed by atoms with E-state index in [9.17, 15) is 27.6 Å². The molecule has 11 nitrogen and oxygen atoms in total. The molecule has 4 fully saturated rings. The number of cyclic esters (lactones) is 1. The Morgan fingerprint density at radius 1 is 1.05 bits per heavy atom. The van der Waals surface area contributed by atoms with Crippen LogP contribution in [-0.4, -0.2) is 70.0 Å². The number of Topliss-reactive ketones (excluding diaryl/α,β-unsaturated/α-hetero) is 1. The van der Waals surface area contributed by atoms with Crippen LogP contribution in [0.5, 0.6) is 5.75 Å². The van der Waals surface area contributed by atoms with Gasteiger partial charge in [0.05, 0.1) is 54.1 Å². The van der Waals surface area contributed by atoms with E-state index in [1.165, 1.54) is 35.7 Å². The number of methoxy groups -OCH3 is 2. The lowest BCUT2D eigenvalue weighted by Gasteiger charge is -2.62. The van der Waals surface area contributed by atoms with Crippen molar-refractivity contribution in [3.05, 3.63) is 54.1 Å². The minimum Gasteiger partial charge on any atom is -0.497 e. The molecule has 2 amide bonds. The molecular formula is C28H28N2O9S. The fourth-order valence-corrected chi connectivity index (χ4v) is 9.44. The molecular weight excluding hydrogens is 540 g/mol. The molecule has 1 spiro atoms. The van der Waals surface area contributed by atoms with Crippen molar-refractivity contribution in [2.24, 2.45) is 17.8 Å². The molecule has 0 aromatic heterocycles. The highest BCUT2D eigenvalue weighted by molar-refractivity contribution is 7.93. The van der Waals surface area contributed by atoms with Gasteiger partial charge in [0.1, 0.15) is 18.1 Å². The predicted molar refractivity (Wildman–Crippen MR) is 139 cm³/mol.